The van der Waals surface area contributed by atoms with E-state index in [9.17, 15) is 14.8 Å². The number of hydrogen-bond acceptors (Lipinski definition) is 7. The molecule has 1 saturated heterocycles. The fourth-order valence-corrected chi connectivity index (χ4v) is 4.48. The highest BCUT2D eigenvalue weighted by molar-refractivity contribution is 5.55. The van der Waals surface area contributed by atoms with E-state index >= 15 is 0 Å². The highest BCUT2D eigenvalue weighted by atomic mass is 19.1. The molecule has 3 aromatic rings. The summed E-state index contributed by atoms with van der Waals surface area (Å²) < 4.78 is 21.9. The number of aromatic nitrogens is 3. The molecule has 164 valence electrons. The zero-order valence-corrected chi connectivity index (χ0v) is 17.4. The number of quaternary nitrogens is 1. The highest BCUT2D eigenvalue weighted by Gasteiger charge is 2.32. The van der Waals surface area contributed by atoms with Gasteiger partial charge in [0.25, 0.3) is 0 Å². The number of ether oxygens (including phenoxy) is 1. The van der Waals surface area contributed by atoms with Crippen LogP contribution in [0.2, 0.25) is 0 Å². The van der Waals surface area contributed by atoms with Crippen LogP contribution in [0.4, 0.5) is 10.2 Å². The third kappa shape index (κ3) is 3.83. The minimum atomic E-state index is -1.30. The molecular weight excluding hydrogens is 403 g/mol. The summed E-state index contributed by atoms with van der Waals surface area (Å²) in [7, 11) is 1.28. The smallest absolute Gasteiger partial charge is 0.162 e. The molecule has 1 atom stereocenters. The van der Waals surface area contributed by atoms with Crippen molar-refractivity contribution < 1.29 is 24.5 Å². The maximum atomic E-state index is 14.2. The number of benzene rings is 1. The summed E-state index contributed by atoms with van der Waals surface area (Å²) in [5.41, 5.74) is 2.26. The lowest BCUT2D eigenvalue weighted by Crippen LogP contribution is -2.52. The number of anilines is 1. The molecule has 2 aromatic heterocycles. The minimum absolute atomic E-state index is 0.0266. The summed E-state index contributed by atoms with van der Waals surface area (Å²) in [5, 5.41) is 26.3. The monoisotopic (exact) mass is 429 g/mol. The standard InChI is InChI=1S/C21H26FN6O3/c1-28(29,30)25-8-3-11-31-19-6-5-16(22)12-17(19)18-4-2-9-26(18)20-7-10-27-21(24-20)15(14-25)13-23-27/h5-7,10,12-13,18,29-30H,2-4,8-9,11,14H2,1H3/q+1. The van der Waals surface area contributed by atoms with Crippen molar-refractivity contribution in [2.75, 3.05) is 31.6 Å². The molecule has 0 aliphatic carbocycles. The number of hydrogen-bond donors (Lipinski definition) is 2. The Morgan fingerprint density at radius 3 is 2.90 bits per heavy atom. The van der Waals surface area contributed by atoms with Gasteiger partial charge in [-0.15, -0.1) is 0 Å². The van der Waals surface area contributed by atoms with Crippen LogP contribution in [0.15, 0.2) is 36.7 Å². The molecule has 2 aliphatic rings. The van der Waals surface area contributed by atoms with Crippen LogP contribution in [-0.4, -0.2) is 61.7 Å². The number of halogens is 1. The van der Waals surface area contributed by atoms with Crippen molar-refractivity contribution in [3.8, 4) is 5.75 Å². The van der Waals surface area contributed by atoms with Crippen molar-refractivity contribution >= 4 is 11.5 Å². The number of rotatable bonds is 1. The van der Waals surface area contributed by atoms with Crippen LogP contribution in [0.25, 0.3) is 5.65 Å². The van der Waals surface area contributed by atoms with E-state index in [2.05, 4.69) is 10.00 Å². The number of nitrogens with zero attached hydrogens (tertiary/aromatic N) is 6. The molecule has 2 aliphatic heterocycles. The summed E-state index contributed by atoms with van der Waals surface area (Å²) in [6.07, 6.45) is 5.96. The van der Waals surface area contributed by atoms with E-state index in [0.29, 0.717) is 31.0 Å². The van der Waals surface area contributed by atoms with Crippen LogP contribution in [0.1, 0.15) is 36.4 Å². The molecule has 2 bridgehead atoms. The van der Waals surface area contributed by atoms with Gasteiger partial charge in [0.1, 0.15) is 17.4 Å². The van der Waals surface area contributed by atoms with Gasteiger partial charge in [-0.05, 0) is 43.5 Å². The normalized spacial score (nSPS) is 20.4. The lowest BCUT2D eigenvalue weighted by atomic mass is 10.0. The average Bonchev–Trinajstić information content (AvgIpc) is 3.36. The van der Waals surface area contributed by atoms with E-state index in [-0.39, 0.29) is 18.4 Å². The van der Waals surface area contributed by atoms with Crippen LogP contribution >= 0.6 is 0 Å². The fraction of sp³-hybridized carbons (Fsp3) is 0.429. The first-order chi connectivity index (χ1) is 14.9. The second kappa shape index (κ2) is 7.72. The molecule has 1 fully saturated rings. The Kier molecular flexibility index (Phi) is 5.01. The van der Waals surface area contributed by atoms with Gasteiger partial charge < -0.3 is 9.64 Å². The Morgan fingerprint density at radius 2 is 2.06 bits per heavy atom. The first kappa shape index (κ1) is 20.1. The molecule has 5 rings (SSSR count). The third-order valence-corrected chi connectivity index (χ3v) is 6.01. The van der Waals surface area contributed by atoms with Crippen LogP contribution in [0.3, 0.4) is 0 Å². The van der Waals surface area contributed by atoms with Gasteiger partial charge in [0, 0.05) is 28.8 Å². The van der Waals surface area contributed by atoms with Gasteiger partial charge in [-0.25, -0.2) is 13.9 Å². The third-order valence-electron chi connectivity index (χ3n) is 6.01. The molecule has 0 spiro atoms. The molecule has 0 radical (unpaired) electrons. The van der Waals surface area contributed by atoms with Crippen molar-refractivity contribution in [3.05, 3.63) is 53.6 Å². The second-order valence-electron chi connectivity index (χ2n) is 8.22. The average molecular weight is 429 g/mol. The van der Waals surface area contributed by atoms with Gasteiger partial charge in [-0.2, -0.15) is 15.5 Å². The van der Waals surface area contributed by atoms with E-state index in [1.165, 1.54) is 18.1 Å². The lowest BCUT2D eigenvalue weighted by Gasteiger charge is -2.30. The van der Waals surface area contributed by atoms with Crippen molar-refractivity contribution in [2.45, 2.75) is 31.8 Å². The Morgan fingerprint density at radius 1 is 1.19 bits per heavy atom. The number of fused-ring (bicyclic) bond motifs is 5. The van der Waals surface area contributed by atoms with Gasteiger partial charge in [0.2, 0.25) is 0 Å². The predicted molar refractivity (Wildman–Crippen MR) is 109 cm³/mol. The van der Waals surface area contributed by atoms with E-state index in [1.54, 1.807) is 22.8 Å². The highest BCUT2D eigenvalue weighted by Crippen LogP contribution is 2.40. The first-order valence-electron chi connectivity index (χ1n) is 10.5. The molecular formula is C21H26FN6O3+. The Labute approximate surface area is 179 Å². The van der Waals surface area contributed by atoms with E-state index in [4.69, 9.17) is 9.72 Å². The fourth-order valence-electron chi connectivity index (χ4n) is 4.48. The summed E-state index contributed by atoms with van der Waals surface area (Å²) in [6, 6.07) is 6.51. The van der Waals surface area contributed by atoms with Crippen LogP contribution in [0.5, 0.6) is 5.75 Å². The molecule has 2 N–H and O–H groups in total. The molecule has 31 heavy (non-hydrogen) atoms. The van der Waals surface area contributed by atoms with Crippen molar-refractivity contribution in [1.82, 2.24) is 19.6 Å². The van der Waals surface area contributed by atoms with E-state index in [0.717, 1.165) is 36.3 Å². The van der Waals surface area contributed by atoms with Crippen molar-refractivity contribution in [3.63, 3.8) is 0 Å². The summed E-state index contributed by atoms with van der Waals surface area (Å²) in [4.78, 5) is 5.74. The number of hydroxylamine groups is 2. The topological polar surface area (TPSA) is 86.4 Å². The Hall–Kier alpha value is -2.79. The van der Waals surface area contributed by atoms with E-state index < -0.39 is 4.92 Å². The molecule has 0 amide bonds. The van der Waals surface area contributed by atoms with Gasteiger partial charge in [0.05, 0.1) is 31.9 Å². The summed E-state index contributed by atoms with van der Waals surface area (Å²) in [5.74, 6) is 1.13. The zero-order valence-electron chi connectivity index (χ0n) is 17.4. The van der Waals surface area contributed by atoms with Crippen LogP contribution in [-0.2, 0) is 6.54 Å². The van der Waals surface area contributed by atoms with Gasteiger partial charge in [0.15, 0.2) is 12.7 Å². The quantitative estimate of drug-likeness (QED) is 0.454. The maximum absolute atomic E-state index is 14.2. The van der Waals surface area contributed by atoms with Crippen molar-refractivity contribution in [1.29, 1.82) is 0 Å². The van der Waals surface area contributed by atoms with Gasteiger partial charge >= 0.3 is 0 Å². The molecule has 1 unspecified atom stereocenters. The molecule has 4 heterocycles. The Balaban J connectivity index is 1.62. The minimum Gasteiger partial charge on any atom is -0.493 e. The SMILES string of the molecule is C[N+](O)(O)N1CCCOc2ccc(F)cc2C2CCCN2c2ccn3ncc(c3n2)C1. The molecule has 1 aromatic carbocycles. The summed E-state index contributed by atoms with van der Waals surface area (Å²) in [6.45, 7) is 1.80. The molecule has 9 nitrogen and oxygen atoms in total. The predicted octanol–water partition coefficient (Wildman–Crippen LogP) is 2.93. The second-order valence-corrected chi connectivity index (χ2v) is 8.22. The summed E-state index contributed by atoms with van der Waals surface area (Å²) >= 11 is 0. The van der Waals surface area contributed by atoms with Crippen molar-refractivity contribution in [2.24, 2.45) is 0 Å². The molecule has 0 saturated carbocycles. The van der Waals surface area contributed by atoms with Crippen LogP contribution < -0.4 is 9.64 Å². The van der Waals surface area contributed by atoms with Gasteiger partial charge in [-0.3, -0.25) is 0 Å². The Bertz CT molecular complexity index is 1100. The van der Waals surface area contributed by atoms with Gasteiger partial charge in [-0.1, -0.05) is 5.01 Å². The van der Waals surface area contributed by atoms with E-state index in [1.807, 2.05) is 12.3 Å². The molecule has 10 heteroatoms. The maximum Gasteiger partial charge on any atom is 0.162 e. The van der Waals surface area contributed by atoms with Crippen LogP contribution in [0, 0.1) is 5.82 Å². The lowest BCUT2D eigenvalue weighted by molar-refractivity contribution is -1.31. The largest absolute Gasteiger partial charge is 0.493 e. The first-order valence-corrected chi connectivity index (χ1v) is 10.5. The zero-order chi connectivity index (χ0) is 21.6.